The van der Waals surface area contributed by atoms with Gasteiger partial charge in [0.15, 0.2) is 0 Å². The molecule has 0 aliphatic carbocycles. The molecule has 1 unspecified atom stereocenters. The van der Waals surface area contributed by atoms with Crippen molar-refractivity contribution < 1.29 is 18.3 Å². The SMILES string of the molecule is C[C@@H]1CO[C@](C)(CO[Si])C(OCc2ccccc2)[C@H]1F. The molecule has 0 aromatic heterocycles. The molecule has 2 rings (SSSR count). The van der Waals surface area contributed by atoms with Crippen LogP contribution in [0.15, 0.2) is 30.3 Å². The second kappa shape index (κ2) is 6.80. The van der Waals surface area contributed by atoms with Gasteiger partial charge in [0.1, 0.15) is 17.9 Å². The van der Waals surface area contributed by atoms with E-state index in [0.29, 0.717) is 13.2 Å². The van der Waals surface area contributed by atoms with Crippen LogP contribution in [0.1, 0.15) is 19.4 Å². The highest BCUT2D eigenvalue weighted by atomic mass is 28.2. The van der Waals surface area contributed by atoms with E-state index in [9.17, 15) is 4.39 Å². The van der Waals surface area contributed by atoms with Gasteiger partial charge in [-0.2, -0.15) is 0 Å². The Hall–Kier alpha value is -0.753. The summed E-state index contributed by atoms with van der Waals surface area (Å²) in [6, 6.07) is 9.73. The Morgan fingerprint density at radius 2 is 2.10 bits per heavy atom. The third-order valence-corrected chi connectivity index (χ3v) is 3.89. The maximum Gasteiger partial charge on any atom is 0.246 e. The van der Waals surface area contributed by atoms with Crippen molar-refractivity contribution in [2.75, 3.05) is 13.2 Å². The molecule has 109 valence electrons. The number of ether oxygens (including phenoxy) is 2. The van der Waals surface area contributed by atoms with E-state index in [4.69, 9.17) is 13.9 Å². The molecule has 0 bridgehead atoms. The fourth-order valence-electron chi connectivity index (χ4n) is 2.43. The zero-order valence-corrected chi connectivity index (χ0v) is 12.8. The van der Waals surface area contributed by atoms with E-state index in [1.165, 1.54) is 0 Å². The summed E-state index contributed by atoms with van der Waals surface area (Å²) in [5.74, 6) is -0.182. The fourth-order valence-corrected chi connectivity index (χ4v) is 2.71. The van der Waals surface area contributed by atoms with Crippen molar-refractivity contribution >= 4 is 10.5 Å². The molecule has 1 aliphatic rings. The van der Waals surface area contributed by atoms with Gasteiger partial charge in [0.2, 0.25) is 10.5 Å². The van der Waals surface area contributed by atoms with E-state index in [-0.39, 0.29) is 12.5 Å². The van der Waals surface area contributed by atoms with Crippen molar-refractivity contribution in [3.05, 3.63) is 35.9 Å². The van der Waals surface area contributed by atoms with Gasteiger partial charge < -0.3 is 13.9 Å². The molecule has 1 aromatic rings. The van der Waals surface area contributed by atoms with Gasteiger partial charge in [0.25, 0.3) is 0 Å². The summed E-state index contributed by atoms with van der Waals surface area (Å²) >= 11 is 0. The number of hydrogen-bond acceptors (Lipinski definition) is 3. The van der Waals surface area contributed by atoms with Crippen LogP contribution in [0.3, 0.4) is 0 Å². The maximum atomic E-state index is 14.5. The molecule has 0 spiro atoms. The van der Waals surface area contributed by atoms with E-state index < -0.39 is 17.9 Å². The molecule has 20 heavy (non-hydrogen) atoms. The molecular weight excluding hydrogens is 275 g/mol. The predicted octanol–water partition coefficient (Wildman–Crippen LogP) is 2.44. The Kier molecular flexibility index (Phi) is 5.32. The molecule has 1 heterocycles. The van der Waals surface area contributed by atoms with Crippen LogP contribution in [0.5, 0.6) is 0 Å². The number of alkyl halides is 1. The summed E-state index contributed by atoms with van der Waals surface area (Å²) in [4.78, 5) is 0. The largest absolute Gasteiger partial charge is 0.416 e. The Bertz CT molecular complexity index is 417. The van der Waals surface area contributed by atoms with Crippen LogP contribution in [-0.4, -0.2) is 41.6 Å². The Labute approximate surface area is 123 Å². The lowest BCUT2D eigenvalue weighted by Gasteiger charge is -2.44. The van der Waals surface area contributed by atoms with Crippen molar-refractivity contribution in [3.63, 3.8) is 0 Å². The second-order valence-electron chi connectivity index (χ2n) is 5.55. The molecule has 0 N–H and O–H groups in total. The Morgan fingerprint density at radius 3 is 2.75 bits per heavy atom. The zero-order chi connectivity index (χ0) is 14.6. The van der Waals surface area contributed by atoms with E-state index in [1.54, 1.807) is 0 Å². The number of hydrogen-bond donors (Lipinski definition) is 0. The third-order valence-electron chi connectivity index (χ3n) is 3.74. The van der Waals surface area contributed by atoms with Crippen molar-refractivity contribution in [1.82, 2.24) is 0 Å². The summed E-state index contributed by atoms with van der Waals surface area (Å²) < 4.78 is 31.1. The zero-order valence-electron chi connectivity index (χ0n) is 11.8. The van der Waals surface area contributed by atoms with Gasteiger partial charge in [-0.15, -0.1) is 0 Å². The van der Waals surface area contributed by atoms with Crippen molar-refractivity contribution in [3.8, 4) is 0 Å². The summed E-state index contributed by atoms with van der Waals surface area (Å²) in [7, 11) is 2.97. The smallest absolute Gasteiger partial charge is 0.246 e. The molecule has 3 radical (unpaired) electrons. The van der Waals surface area contributed by atoms with Crippen molar-refractivity contribution in [2.45, 2.75) is 38.3 Å². The van der Waals surface area contributed by atoms with E-state index in [1.807, 2.05) is 44.2 Å². The quantitative estimate of drug-likeness (QED) is 0.781. The average Bonchev–Trinajstić information content (AvgIpc) is 2.45. The van der Waals surface area contributed by atoms with Crippen LogP contribution in [0.2, 0.25) is 0 Å². The molecule has 3 nitrogen and oxygen atoms in total. The first kappa shape index (κ1) is 15.6. The minimum Gasteiger partial charge on any atom is -0.416 e. The van der Waals surface area contributed by atoms with E-state index >= 15 is 0 Å². The highest BCUT2D eigenvalue weighted by molar-refractivity contribution is 5.98. The van der Waals surface area contributed by atoms with Crippen LogP contribution in [0, 0.1) is 5.92 Å². The molecule has 1 aliphatic heterocycles. The lowest BCUT2D eigenvalue weighted by Crippen LogP contribution is -2.58. The van der Waals surface area contributed by atoms with Crippen LogP contribution in [0.4, 0.5) is 4.39 Å². The molecule has 0 saturated carbocycles. The fraction of sp³-hybridized carbons (Fsp3) is 0.600. The van der Waals surface area contributed by atoms with E-state index in [0.717, 1.165) is 5.56 Å². The standard InChI is InChI=1S/C15H20FO3Si/c1-11-8-18-15(2,10-19-20)14(13(11)16)17-9-12-6-4-3-5-7-12/h3-7,11,13-14H,8-10H2,1-2H3/t11-,13+,14?,15-/m1/s1. The molecule has 5 heteroatoms. The molecular formula is C15H20FO3Si. The lowest BCUT2D eigenvalue weighted by atomic mass is 9.86. The van der Waals surface area contributed by atoms with Gasteiger partial charge in [0, 0.05) is 5.92 Å². The summed E-state index contributed by atoms with van der Waals surface area (Å²) in [5, 5.41) is 0. The minimum atomic E-state index is -1.07. The Morgan fingerprint density at radius 1 is 1.40 bits per heavy atom. The van der Waals surface area contributed by atoms with E-state index in [2.05, 4.69) is 10.5 Å². The monoisotopic (exact) mass is 295 g/mol. The molecule has 1 aromatic carbocycles. The second-order valence-corrected chi connectivity index (χ2v) is 5.84. The number of rotatable bonds is 5. The van der Waals surface area contributed by atoms with Gasteiger partial charge in [-0.25, -0.2) is 4.39 Å². The predicted molar refractivity (Wildman–Crippen MR) is 75.1 cm³/mol. The Balaban J connectivity index is 2.07. The first-order valence-electron chi connectivity index (χ1n) is 6.79. The minimum absolute atomic E-state index is 0.182. The first-order chi connectivity index (χ1) is 9.57. The molecule has 1 saturated heterocycles. The van der Waals surface area contributed by atoms with Crippen LogP contribution in [0.25, 0.3) is 0 Å². The molecule has 4 atom stereocenters. The molecule has 1 fully saturated rings. The summed E-state index contributed by atoms with van der Waals surface area (Å²) in [6.07, 6.45) is -1.72. The average molecular weight is 295 g/mol. The highest BCUT2D eigenvalue weighted by Gasteiger charge is 2.48. The lowest BCUT2D eigenvalue weighted by molar-refractivity contribution is -0.224. The van der Waals surface area contributed by atoms with Crippen LogP contribution < -0.4 is 0 Å². The van der Waals surface area contributed by atoms with Gasteiger partial charge >= 0.3 is 0 Å². The number of halogens is 1. The number of benzene rings is 1. The van der Waals surface area contributed by atoms with Crippen LogP contribution in [-0.2, 0) is 20.5 Å². The third kappa shape index (κ3) is 3.47. The summed E-state index contributed by atoms with van der Waals surface area (Å²) in [6.45, 7) is 4.62. The topological polar surface area (TPSA) is 27.7 Å². The molecule has 0 amide bonds. The van der Waals surface area contributed by atoms with Gasteiger partial charge in [-0.3, -0.25) is 0 Å². The van der Waals surface area contributed by atoms with Crippen molar-refractivity contribution in [1.29, 1.82) is 0 Å². The maximum absolute atomic E-state index is 14.5. The van der Waals surface area contributed by atoms with Crippen molar-refractivity contribution in [2.24, 2.45) is 5.92 Å². The van der Waals surface area contributed by atoms with Gasteiger partial charge in [-0.1, -0.05) is 37.3 Å². The van der Waals surface area contributed by atoms with Gasteiger partial charge in [-0.05, 0) is 12.5 Å². The highest BCUT2D eigenvalue weighted by Crippen LogP contribution is 2.33. The van der Waals surface area contributed by atoms with Gasteiger partial charge in [0.05, 0.1) is 19.8 Å². The normalized spacial score (nSPS) is 34.1. The van der Waals surface area contributed by atoms with Crippen LogP contribution >= 0.6 is 0 Å². The summed E-state index contributed by atoms with van der Waals surface area (Å²) in [5.41, 5.74) is 0.224. The first-order valence-corrected chi connectivity index (χ1v) is 7.20.